The Bertz CT molecular complexity index is 1030. The summed E-state index contributed by atoms with van der Waals surface area (Å²) in [7, 11) is 0.879. The van der Waals surface area contributed by atoms with E-state index >= 15 is 0 Å². The molecule has 1 aliphatic carbocycles. The van der Waals surface area contributed by atoms with Crippen LogP contribution >= 0.6 is 0 Å². The summed E-state index contributed by atoms with van der Waals surface area (Å²) in [5.74, 6) is -2.84. The largest absolute Gasteiger partial charge is 0.490 e. The number of nitrogens with zero attached hydrogens (tertiary/aromatic N) is 4. The highest BCUT2D eigenvalue weighted by atomic mass is 19.3. The summed E-state index contributed by atoms with van der Waals surface area (Å²) in [5, 5.41) is 7.16. The van der Waals surface area contributed by atoms with Gasteiger partial charge in [-0.15, -0.1) is 10.2 Å². The molecular weight excluding hydrogens is 380 g/mol. The van der Waals surface area contributed by atoms with Crippen LogP contribution in [0.25, 0.3) is 16.9 Å². The number of hydrogen-bond donors (Lipinski definition) is 0. The molecule has 2 heterocycles. The highest BCUT2D eigenvalue weighted by molar-refractivity contribution is 5.65. The highest BCUT2D eigenvalue weighted by Crippen LogP contribution is 2.40. The van der Waals surface area contributed by atoms with Crippen LogP contribution in [0.5, 0.6) is 5.75 Å². The van der Waals surface area contributed by atoms with Crippen molar-refractivity contribution in [1.82, 2.24) is 19.6 Å². The zero-order valence-electron chi connectivity index (χ0n) is 15.0. The van der Waals surface area contributed by atoms with Crippen LogP contribution in [-0.2, 0) is 10.8 Å². The first-order chi connectivity index (χ1) is 13.2. The van der Waals surface area contributed by atoms with Gasteiger partial charge in [-0.1, -0.05) is 0 Å². The molecule has 0 spiro atoms. The topological polar surface area (TPSA) is 61.5 Å². The molecule has 0 unspecified atom stereocenters. The number of ether oxygens (including phenoxy) is 2. The predicted molar refractivity (Wildman–Crippen MR) is 90.5 cm³/mol. The molecule has 0 saturated heterocycles. The Morgan fingerprint density at radius 3 is 2.61 bits per heavy atom. The van der Waals surface area contributed by atoms with Crippen LogP contribution in [0, 0.1) is 6.92 Å². The van der Waals surface area contributed by atoms with Gasteiger partial charge in [-0.25, -0.2) is 8.78 Å². The molecule has 1 aliphatic rings. The second kappa shape index (κ2) is 6.40. The number of hydrogen-bond acceptors (Lipinski definition) is 5. The average molecular weight is 396 g/mol. The van der Waals surface area contributed by atoms with Gasteiger partial charge in [0.2, 0.25) is 5.82 Å². The number of aryl methyl sites for hydroxylation is 1. The maximum absolute atomic E-state index is 13.9. The van der Waals surface area contributed by atoms with Gasteiger partial charge < -0.3 is 9.47 Å². The first-order valence-electron chi connectivity index (χ1n) is 8.48. The van der Waals surface area contributed by atoms with Crippen molar-refractivity contribution in [3.8, 4) is 17.0 Å². The molecule has 1 aromatic carbocycles. The molecule has 1 fully saturated rings. The van der Waals surface area contributed by atoms with Gasteiger partial charge in [-0.2, -0.15) is 8.78 Å². The lowest BCUT2D eigenvalue weighted by molar-refractivity contribution is -0.237. The monoisotopic (exact) mass is 396 g/mol. The summed E-state index contributed by atoms with van der Waals surface area (Å²) in [4.78, 5) is 4.25. The van der Waals surface area contributed by atoms with E-state index in [2.05, 4.69) is 19.9 Å². The lowest BCUT2D eigenvalue weighted by Gasteiger charge is -2.34. The first kappa shape index (κ1) is 18.6. The number of fused-ring (bicyclic) bond motifs is 1. The van der Waals surface area contributed by atoms with Crippen molar-refractivity contribution in [3.63, 3.8) is 0 Å². The molecule has 10 heteroatoms. The first-order valence-corrected chi connectivity index (χ1v) is 8.48. The van der Waals surface area contributed by atoms with Crippen LogP contribution in [0.3, 0.4) is 0 Å². The smallest absolute Gasteiger partial charge is 0.417 e. The van der Waals surface area contributed by atoms with Crippen molar-refractivity contribution in [3.05, 3.63) is 42.0 Å². The Hall–Kier alpha value is -2.75. The average Bonchev–Trinajstić information content (AvgIpc) is 3.04. The van der Waals surface area contributed by atoms with Crippen molar-refractivity contribution in [2.75, 3.05) is 7.11 Å². The van der Waals surface area contributed by atoms with Crippen molar-refractivity contribution in [1.29, 1.82) is 0 Å². The molecule has 1 saturated carbocycles. The fourth-order valence-corrected chi connectivity index (χ4v) is 3.11. The zero-order chi connectivity index (χ0) is 20.1. The van der Waals surface area contributed by atoms with E-state index in [-0.39, 0.29) is 18.5 Å². The molecule has 0 aliphatic heterocycles. The molecule has 2 aromatic heterocycles. The summed E-state index contributed by atoms with van der Waals surface area (Å²) < 4.78 is 64.5. The minimum absolute atomic E-state index is 0.152. The minimum Gasteiger partial charge on any atom is -0.490 e. The quantitative estimate of drug-likeness (QED) is 0.611. The van der Waals surface area contributed by atoms with Crippen LogP contribution < -0.4 is 4.74 Å². The van der Waals surface area contributed by atoms with Gasteiger partial charge >= 0.3 is 6.11 Å². The van der Waals surface area contributed by atoms with Gasteiger partial charge in [-0.05, 0) is 30.7 Å². The van der Waals surface area contributed by atoms with Crippen LogP contribution in [0.15, 0.2) is 30.6 Å². The highest BCUT2D eigenvalue weighted by Gasteiger charge is 2.47. The van der Waals surface area contributed by atoms with Gasteiger partial charge in [0.05, 0.1) is 11.9 Å². The van der Waals surface area contributed by atoms with E-state index in [4.69, 9.17) is 4.74 Å². The maximum Gasteiger partial charge on any atom is 0.417 e. The number of rotatable bonds is 5. The molecule has 0 N–H and O–H groups in total. The molecule has 3 aromatic rings. The molecule has 4 rings (SSSR count). The fraction of sp³-hybridized carbons (Fsp3) is 0.389. The predicted octanol–water partition coefficient (Wildman–Crippen LogP) is 3.97. The second-order valence-electron chi connectivity index (χ2n) is 6.73. The number of aromatic nitrogens is 4. The van der Waals surface area contributed by atoms with Gasteiger partial charge in [0.15, 0.2) is 5.65 Å². The SMILES string of the molecule is COC(F)(F)c1nnc2cnc(-c3ccc(OC4CC(F)(F)C4)cc3C)cn12. The summed E-state index contributed by atoms with van der Waals surface area (Å²) >= 11 is 0. The van der Waals surface area contributed by atoms with Gasteiger partial charge in [0, 0.05) is 31.7 Å². The Kier molecular flexibility index (Phi) is 4.25. The third-order valence-electron chi connectivity index (χ3n) is 4.64. The molecule has 0 radical (unpaired) electrons. The Morgan fingerprint density at radius 1 is 1.21 bits per heavy atom. The summed E-state index contributed by atoms with van der Waals surface area (Å²) in [6.45, 7) is 1.79. The minimum atomic E-state index is -3.60. The number of benzene rings is 1. The van der Waals surface area contributed by atoms with Crippen LogP contribution in [0.4, 0.5) is 17.6 Å². The normalized spacial score (nSPS) is 16.9. The van der Waals surface area contributed by atoms with E-state index in [0.29, 0.717) is 17.0 Å². The Morgan fingerprint density at radius 2 is 1.96 bits per heavy atom. The maximum atomic E-state index is 13.9. The molecular formula is C18H16F4N4O2. The summed E-state index contributed by atoms with van der Waals surface area (Å²) in [6, 6.07) is 5.05. The summed E-state index contributed by atoms with van der Waals surface area (Å²) in [6.07, 6.45) is -1.97. The van der Waals surface area contributed by atoms with E-state index in [1.165, 1.54) is 12.4 Å². The second-order valence-corrected chi connectivity index (χ2v) is 6.73. The van der Waals surface area contributed by atoms with E-state index in [9.17, 15) is 17.6 Å². The van der Waals surface area contributed by atoms with Crippen LogP contribution in [-0.4, -0.2) is 38.7 Å². The van der Waals surface area contributed by atoms with E-state index < -0.39 is 24.0 Å². The lowest BCUT2D eigenvalue weighted by atomic mass is 9.91. The molecule has 0 amide bonds. The molecule has 148 valence electrons. The van der Waals surface area contributed by atoms with Crippen LogP contribution in [0.2, 0.25) is 0 Å². The third-order valence-corrected chi connectivity index (χ3v) is 4.64. The van der Waals surface area contributed by atoms with E-state index in [1.54, 1.807) is 25.1 Å². The van der Waals surface area contributed by atoms with Crippen molar-refractivity contribution in [2.24, 2.45) is 0 Å². The van der Waals surface area contributed by atoms with Crippen molar-refractivity contribution < 1.29 is 27.0 Å². The van der Waals surface area contributed by atoms with Gasteiger partial charge in [-0.3, -0.25) is 9.38 Å². The number of alkyl halides is 4. The number of methoxy groups -OCH3 is 1. The Labute approximate surface area is 157 Å². The van der Waals surface area contributed by atoms with Crippen LogP contribution in [0.1, 0.15) is 24.2 Å². The van der Waals surface area contributed by atoms with Gasteiger partial charge in [0.25, 0.3) is 5.92 Å². The molecule has 0 bridgehead atoms. The molecule has 0 atom stereocenters. The Balaban J connectivity index is 1.63. The lowest BCUT2D eigenvalue weighted by Crippen LogP contribution is -2.43. The number of halogens is 4. The third kappa shape index (κ3) is 3.28. The van der Waals surface area contributed by atoms with E-state index in [1.807, 2.05) is 0 Å². The zero-order valence-corrected chi connectivity index (χ0v) is 15.0. The standard InChI is InChI=1S/C18H16F4N4O2/c1-10-5-11(28-12-6-17(19,20)7-12)3-4-13(10)14-9-26-15(8-23-14)24-25-16(26)18(21,22)27-2/h3-5,8-9,12H,6-7H2,1-2H3. The summed E-state index contributed by atoms with van der Waals surface area (Å²) in [5.41, 5.74) is 2.00. The van der Waals surface area contributed by atoms with Crippen molar-refractivity contribution in [2.45, 2.75) is 37.9 Å². The fourth-order valence-electron chi connectivity index (χ4n) is 3.11. The molecule has 6 nitrogen and oxygen atoms in total. The van der Waals surface area contributed by atoms with E-state index in [0.717, 1.165) is 17.1 Å². The van der Waals surface area contributed by atoms with Gasteiger partial charge in [0.1, 0.15) is 11.9 Å². The molecule has 28 heavy (non-hydrogen) atoms. The van der Waals surface area contributed by atoms with Crippen molar-refractivity contribution >= 4 is 5.65 Å².